The van der Waals surface area contributed by atoms with Crippen LogP contribution in [-0.2, 0) is 19.9 Å². The Morgan fingerprint density at radius 1 is 1.52 bits per heavy atom. The number of Topliss-reactive ketones (excluding diaryl/α,β-unsaturated/α-hetero) is 1. The second-order valence-corrected chi connectivity index (χ2v) is 12.0. The third-order valence-electron chi connectivity index (χ3n) is 4.24. The first kappa shape index (κ1) is 17.7. The van der Waals surface area contributed by atoms with Gasteiger partial charge in [0.15, 0.2) is 5.78 Å². The van der Waals surface area contributed by atoms with Gasteiger partial charge in [-0.25, -0.2) is 0 Å². The van der Waals surface area contributed by atoms with Gasteiger partial charge in [-0.15, -0.1) is 0 Å². The van der Waals surface area contributed by atoms with E-state index in [4.69, 9.17) is 9.15 Å². The summed E-state index contributed by atoms with van der Waals surface area (Å²) in [5.41, 5.74) is -0.714. The first-order valence-corrected chi connectivity index (χ1v) is 11.3. The van der Waals surface area contributed by atoms with Crippen LogP contribution in [0.4, 0.5) is 0 Å². The number of carbonyl (C=O) groups excluding carboxylic acids is 2. The number of furan rings is 1. The van der Waals surface area contributed by atoms with Crippen LogP contribution < -0.4 is 5.38 Å². The fourth-order valence-corrected chi connectivity index (χ4v) is 4.59. The van der Waals surface area contributed by atoms with Crippen molar-refractivity contribution in [2.75, 3.05) is 6.61 Å². The van der Waals surface area contributed by atoms with E-state index in [1.165, 1.54) is 6.26 Å². The van der Waals surface area contributed by atoms with Crippen LogP contribution in [0.5, 0.6) is 0 Å². The van der Waals surface area contributed by atoms with Crippen molar-refractivity contribution >= 4 is 25.2 Å². The molecule has 1 saturated carbocycles. The Kier molecular flexibility index (Phi) is 4.68. The monoisotopic (exact) mass is 336 g/mol. The van der Waals surface area contributed by atoms with Crippen molar-refractivity contribution in [1.29, 1.82) is 0 Å². The van der Waals surface area contributed by atoms with Crippen LogP contribution in [0, 0.1) is 5.92 Å². The SMILES string of the molecule is C=C1C[C@@H](C(=O)OCC)[C@](O)(c2ccoc2[Si](C)(C)C)CC1=O. The summed E-state index contributed by atoms with van der Waals surface area (Å²) in [7, 11) is -1.89. The van der Waals surface area contributed by atoms with Gasteiger partial charge in [-0.2, -0.15) is 0 Å². The third kappa shape index (κ3) is 3.18. The van der Waals surface area contributed by atoms with E-state index in [1.807, 2.05) is 0 Å². The molecule has 1 aromatic heterocycles. The number of ketones is 1. The number of ether oxygens (including phenoxy) is 1. The standard InChI is InChI=1S/C17H24O5Si/c1-6-21-15(19)13-9-11(2)14(18)10-17(13,20)12-7-8-22-16(12)23(3,4)5/h7-8,13,20H,2,6,9-10H2,1,3-5H3/t13-,17+/m0/s1. The molecule has 23 heavy (non-hydrogen) atoms. The van der Waals surface area contributed by atoms with Crippen molar-refractivity contribution in [3.63, 3.8) is 0 Å². The molecule has 1 aliphatic rings. The minimum Gasteiger partial charge on any atom is -0.474 e. The van der Waals surface area contributed by atoms with Crippen LogP contribution >= 0.6 is 0 Å². The van der Waals surface area contributed by atoms with E-state index >= 15 is 0 Å². The first-order valence-electron chi connectivity index (χ1n) is 7.79. The molecule has 1 fully saturated rings. The topological polar surface area (TPSA) is 76.7 Å². The smallest absolute Gasteiger partial charge is 0.312 e. The van der Waals surface area contributed by atoms with Gasteiger partial charge in [0.2, 0.25) is 0 Å². The highest BCUT2D eigenvalue weighted by Gasteiger charge is 2.52. The van der Waals surface area contributed by atoms with E-state index in [2.05, 4.69) is 26.2 Å². The van der Waals surface area contributed by atoms with Crippen molar-refractivity contribution in [2.45, 2.75) is 45.0 Å². The van der Waals surface area contributed by atoms with Gasteiger partial charge in [0.25, 0.3) is 0 Å². The minimum absolute atomic E-state index is 0.102. The predicted octanol–water partition coefficient (Wildman–Crippen LogP) is 2.11. The van der Waals surface area contributed by atoms with E-state index < -0.39 is 25.6 Å². The van der Waals surface area contributed by atoms with E-state index in [9.17, 15) is 14.7 Å². The Morgan fingerprint density at radius 2 is 2.17 bits per heavy atom. The Hall–Kier alpha value is -1.66. The second kappa shape index (κ2) is 6.09. The number of allylic oxidation sites excluding steroid dienone is 1. The Morgan fingerprint density at radius 3 is 2.74 bits per heavy atom. The maximum absolute atomic E-state index is 12.4. The average Bonchev–Trinajstić information content (AvgIpc) is 2.93. The van der Waals surface area contributed by atoms with Gasteiger partial charge in [0.05, 0.1) is 24.2 Å². The maximum atomic E-state index is 12.4. The van der Waals surface area contributed by atoms with E-state index in [0.717, 1.165) is 0 Å². The normalized spacial score (nSPS) is 25.5. The van der Waals surface area contributed by atoms with E-state index in [0.29, 0.717) is 16.5 Å². The highest BCUT2D eigenvalue weighted by atomic mass is 28.3. The van der Waals surface area contributed by atoms with Gasteiger partial charge in [-0.1, -0.05) is 26.2 Å². The summed E-state index contributed by atoms with van der Waals surface area (Å²) in [6.07, 6.45) is 1.44. The summed E-state index contributed by atoms with van der Waals surface area (Å²) in [5.74, 6) is -1.58. The number of aliphatic hydroxyl groups is 1. The van der Waals surface area contributed by atoms with Gasteiger partial charge in [0.1, 0.15) is 13.7 Å². The average molecular weight is 336 g/mol. The first-order chi connectivity index (χ1) is 10.6. The largest absolute Gasteiger partial charge is 0.474 e. The number of hydrogen-bond acceptors (Lipinski definition) is 5. The molecule has 0 radical (unpaired) electrons. The molecular weight excluding hydrogens is 312 g/mol. The number of hydrogen-bond donors (Lipinski definition) is 1. The zero-order valence-electron chi connectivity index (χ0n) is 14.1. The molecular formula is C17H24O5Si. The molecule has 5 nitrogen and oxygen atoms in total. The molecule has 126 valence electrons. The fourth-order valence-electron chi connectivity index (χ4n) is 3.06. The van der Waals surface area contributed by atoms with Gasteiger partial charge in [-0.3, -0.25) is 9.59 Å². The molecule has 2 atom stereocenters. The molecule has 2 rings (SSSR count). The molecule has 0 unspecified atom stereocenters. The number of esters is 1. The van der Waals surface area contributed by atoms with Crippen LogP contribution in [0.2, 0.25) is 19.6 Å². The number of rotatable bonds is 4. The Labute approximate surface area is 137 Å². The van der Waals surface area contributed by atoms with Crippen LogP contribution in [0.3, 0.4) is 0 Å². The van der Waals surface area contributed by atoms with Crippen LogP contribution in [-0.4, -0.2) is 31.5 Å². The maximum Gasteiger partial charge on any atom is 0.312 e. The molecule has 1 aromatic rings. The van der Waals surface area contributed by atoms with Crippen LogP contribution in [0.15, 0.2) is 28.9 Å². The van der Waals surface area contributed by atoms with Crippen LogP contribution in [0.25, 0.3) is 0 Å². The fraction of sp³-hybridized carbons (Fsp3) is 0.529. The zero-order valence-corrected chi connectivity index (χ0v) is 15.1. The molecule has 0 amide bonds. The number of carbonyl (C=O) groups is 2. The lowest BCUT2D eigenvalue weighted by molar-refractivity contribution is -0.162. The second-order valence-electron chi connectivity index (χ2n) is 7.05. The predicted molar refractivity (Wildman–Crippen MR) is 89.1 cm³/mol. The summed E-state index contributed by atoms with van der Waals surface area (Å²) in [6, 6.07) is 1.67. The summed E-state index contributed by atoms with van der Waals surface area (Å²) in [5, 5.41) is 12.0. The third-order valence-corrected chi connectivity index (χ3v) is 5.98. The van der Waals surface area contributed by atoms with Gasteiger partial charge in [0, 0.05) is 12.0 Å². The molecule has 0 aliphatic heterocycles. The van der Waals surface area contributed by atoms with Crippen molar-refractivity contribution in [3.05, 3.63) is 30.0 Å². The molecule has 1 heterocycles. The molecule has 0 aromatic carbocycles. The zero-order chi connectivity index (χ0) is 17.4. The summed E-state index contributed by atoms with van der Waals surface area (Å²) >= 11 is 0. The van der Waals surface area contributed by atoms with Gasteiger partial charge < -0.3 is 14.3 Å². The lowest BCUT2D eigenvalue weighted by atomic mass is 9.70. The van der Waals surface area contributed by atoms with Crippen molar-refractivity contribution in [2.24, 2.45) is 5.92 Å². The summed E-state index contributed by atoms with van der Waals surface area (Å²) in [4.78, 5) is 24.5. The van der Waals surface area contributed by atoms with Crippen molar-refractivity contribution < 1.29 is 23.8 Å². The molecule has 1 N–H and O–H groups in total. The molecule has 0 bridgehead atoms. The lowest BCUT2D eigenvalue weighted by Crippen LogP contribution is -2.51. The van der Waals surface area contributed by atoms with E-state index in [1.54, 1.807) is 13.0 Å². The molecule has 6 heteroatoms. The highest BCUT2D eigenvalue weighted by molar-refractivity contribution is 6.88. The van der Waals surface area contributed by atoms with Crippen LogP contribution in [0.1, 0.15) is 25.3 Å². The molecule has 0 saturated heterocycles. The van der Waals surface area contributed by atoms with E-state index in [-0.39, 0.29) is 25.2 Å². The van der Waals surface area contributed by atoms with Gasteiger partial charge >= 0.3 is 5.97 Å². The molecule has 1 aliphatic carbocycles. The summed E-state index contributed by atoms with van der Waals surface area (Å²) in [6.45, 7) is 11.9. The Balaban J connectivity index is 2.54. The Bertz CT molecular complexity index is 640. The molecule has 0 spiro atoms. The summed E-state index contributed by atoms with van der Waals surface area (Å²) < 4.78 is 10.7. The lowest BCUT2D eigenvalue weighted by Gasteiger charge is -2.39. The minimum atomic E-state index is -1.89. The quantitative estimate of drug-likeness (QED) is 0.518. The van der Waals surface area contributed by atoms with Gasteiger partial charge in [-0.05, 0) is 25.0 Å². The van der Waals surface area contributed by atoms with Crippen molar-refractivity contribution in [3.8, 4) is 0 Å². The van der Waals surface area contributed by atoms with Crippen molar-refractivity contribution in [1.82, 2.24) is 0 Å². The highest BCUT2D eigenvalue weighted by Crippen LogP contribution is 2.42.